The van der Waals surface area contributed by atoms with Crippen LogP contribution in [0.4, 0.5) is 0 Å². The number of phenolic OH excluding ortho intramolecular Hbond substituents is 2. The lowest BCUT2D eigenvalue weighted by Gasteiger charge is -2.14. The summed E-state index contributed by atoms with van der Waals surface area (Å²) >= 11 is 0. The van der Waals surface area contributed by atoms with Crippen LogP contribution in [0.15, 0.2) is 36.4 Å². The van der Waals surface area contributed by atoms with E-state index in [1.807, 2.05) is 27.7 Å². The molecule has 0 saturated heterocycles. The van der Waals surface area contributed by atoms with Crippen molar-refractivity contribution in [2.45, 2.75) is 27.7 Å². The Hall–Kier alpha value is -2.40. The summed E-state index contributed by atoms with van der Waals surface area (Å²) in [5, 5.41) is 19.3. The van der Waals surface area contributed by atoms with Crippen LogP contribution in [0.3, 0.4) is 0 Å². The standard InChI is InChI=1S/C16H18O4.C4H10O/c1-3-19-15-10-14(18)16(20-4-2)9-13(15)11-5-7-12(17)8-6-11;1-3-5-4-2/h5-10,17-18H,3-4H2,1-2H3;3-4H2,1-2H3. The van der Waals surface area contributed by atoms with Crippen molar-refractivity contribution >= 4 is 0 Å². The van der Waals surface area contributed by atoms with Gasteiger partial charge in [0.1, 0.15) is 11.5 Å². The molecule has 0 spiro atoms. The monoisotopic (exact) mass is 348 g/mol. The van der Waals surface area contributed by atoms with Crippen LogP contribution in [-0.2, 0) is 4.74 Å². The fourth-order valence-electron chi connectivity index (χ4n) is 2.17. The van der Waals surface area contributed by atoms with Crippen LogP contribution < -0.4 is 9.47 Å². The number of phenols is 2. The Morgan fingerprint density at radius 2 is 1.28 bits per heavy atom. The highest BCUT2D eigenvalue weighted by Gasteiger charge is 2.13. The van der Waals surface area contributed by atoms with Gasteiger partial charge in [0.05, 0.1) is 13.2 Å². The zero-order valence-electron chi connectivity index (χ0n) is 15.4. The fourth-order valence-corrected chi connectivity index (χ4v) is 2.17. The lowest BCUT2D eigenvalue weighted by atomic mass is 10.0. The van der Waals surface area contributed by atoms with Gasteiger partial charge >= 0.3 is 0 Å². The third kappa shape index (κ3) is 6.55. The normalized spacial score (nSPS) is 9.92. The number of ether oxygens (including phenoxy) is 3. The predicted octanol–water partition coefficient (Wildman–Crippen LogP) is 4.61. The molecule has 0 heterocycles. The molecule has 0 amide bonds. The molecule has 0 atom stereocenters. The molecule has 2 aromatic rings. The first-order valence-electron chi connectivity index (χ1n) is 8.56. The lowest BCUT2D eigenvalue weighted by molar-refractivity contribution is 0.162. The summed E-state index contributed by atoms with van der Waals surface area (Å²) in [6, 6.07) is 10.1. The van der Waals surface area contributed by atoms with Crippen molar-refractivity contribution < 1.29 is 24.4 Å². The third-order valence-electron chi connectivity index (χ3n) is 3.25. The van der Waals surface area contributed by atoms with Crippen LogP contribution in [0.1, 0.15) is 27.7 Å². The molecular weight excluding hydrogens is 320 g/mol. The van der Waals surface area contributed by atoms with Crippen molar-refractivity contribution in [2.24, 2.45) is 0 Å². The van der Waals surface area contributed by atoms with E-state index in [2.05, 4.69) is 0 Å². The van der Waals surface area contributed by atoms with Gasteiger partial charge in [0.25, 0.3) is 0 Å². The molecule has 2 N–H and O–H groups in total. The highest BCUT2D eigenvalue weighted by atomic mass is 16.5. The Bertz CT molecular complexity index is 621. The summed E-state index contributed by atoms with van der Waals surface area (Å²) in [7, 11) is 0. The Morgan fingerprint density at radius 1 is 0.720 bits per heavy atom. The maximum absolute atomic E-state index is 9.92. The van der Waals surface area contributed by atoms with E-state index in [0.717, 1.165) is 24.3 Å². The molecule has 0 radical (unpaired) electrons. The number of aromatic hydroxyl groups is 2. The fraction of sp³-hybridized carbons (Fsp3) is 0.400. The van der Waals surface area contributed by atoms with Crippen LogP contribution in [0.2, 0.25) is 0 Å². The van der Waals surface area contributed by atoms with Crippen molar-refractivity contribution in [3.63, 3.8) is 0 Å². The van der Waals surface area contributed by atoms with Crippen molar-refractivity contribution in [2.75, 3.05) is 26.4 Å². The zero-order chi connectivity index (χ0) is 18.7. The van der Waals surface area contributed by atoms with E-state index >= 15 is 0 Å². The zero-order valence-corrected chi connectivity index (χ0v) is 15.4. The second kappa shape index (κ2) is 11.2. The van der Waals surface area contributed by atoms with Crippen molar-refractivity contribution in [3.05, 3.63) is 36.4 Å². The Labute approximate surface area is 149 Å². The van der Waals surface area contributed by atoms with Gasteiger partial charge in [0, 0.05) is 24.8 Å². The van der Waals surface area contributed by atoms with Crippen LogP contribution in [0, 0.1) is 0 Å². The third-order valence-corrected chi connectivity index (χ3v) is 3.25. The molecule has 0 saturated carbocycles. The van der Waals surface area contributed by atoms with Gasteiger partial charge in [0.2, 0.25) is 0 Å². The van der Waals surface area contributed by atoms with E-state index in [-0.39, 0.29) is 11.5 Å². The van der Waals surface area contributed by atoms with Gasteiger partial charge < -0.3 is 24.4 Å². The molecule has 0 unspecified atom stereocenters. The van der Waals surface area contributed by atoms with Crippen molar-refractivity contribution in [1.29, 1.82) is 0 Å². The molecule has 5 heteroatoms. The van der Waals surface area contributed by atoms with Gasteiger partial charge in [-0.3, -0.25) is 0 Å². The second-order valence-corrected chi connectivity index (χ2v) is 5.01. The number of hydrogen-bond acceptors (Lipinski definition) is 5. The Morgan fingerprint density at radius 3 is 1.76 bits per heavy atom. The first-order chi connectivity index (χ1) is 12.1. The van der Waals surface area contributed by atoms with Crippen molar-refractivity contribution in [3.8, 4) is 34.1 Å². The maximum Gasteiger partial charge on any atom is 0.161 e. The molecule has 0 aromatic heterocycles. The van der Waals surface area contributed by atoms with Crippen molar-refractivity contribution in [1.82, 2.24) is 0 Å². The summed E-state index contributed by atoms with van der Waals surface area (Å²) in [6.45, 7) is 10.4. The summed E-state index contributed by atoms with van der Waals surface area (Å²) < 4.78 is 15.8. The summed E-state index contributed by atoms with van der Waals surface area (Å²) in [5.41, 5.74) is 1.69. The van der Waals surface area contributed by atoms with Gasteiger partial charge in [-0.15, -0.1) is 0 Å². The van der Waals surface area contributed by atoms with Gasteiger partial charge in [-0.05, 0) is 51.5 Å². The summed E-state index contributed by atoms with van der Waals surface area (Å²) in [6.07, 6.45) is 0. The first kappa shape index (κ1) is 20.6. The first-order valence-corrected chi connectivity index (χ1v) is 8.56. The number of hydrogen-bond donors (Lipinski definition) is 2. The number of benzene rings is 2. The smallest absolute Gasteiger partial charge is 0.161 e. The van der Waals surface area contributed by atoms with Gasteiger partial charge in [-0.25, -0.2) is 0 Å². The van der Waals surface area contributed by atoms with E-state index < -0.39 is 0 Å². The van der Waals surface area contributed by atoms with Crippen LogP contribution in [0.5, 0.6) is 23.0 Å². The average Bonchev–Trinajstić information content (AvgIpc) is 2.60. The minimum absolute atomic E-state index is 0.0535. The van der Waals surface area contributed by atoms with Gasteiger partial charge in [-0.1, -0.05) is 12.1 Å². The maximum atomic E-state index is 9.92. The molecule has 0 fully saturated rings. The van der Waals surface area contributed by atoms with Crippen LogP contribution >= 0.6 is 0 Å². The largest absolute Gasteiger partial charge is 0.508 e. The average molecular weight is 348 g/mol. The number of rotatable bonds is 7. The molecule has 25 heavy (non-hydrogen) atoms. The SMILES string of the molecule is CCOCC.CCOc1cc(-c2ccc(O)cc2)c(OCC)cc1O. The van der Waals surface area contributed by atoms with E-state index in [1.165, 1.54) is 0 Å². The Kier molecular flexibility index (Phi) is 9.25. The second-order valence-electron chi connectivity index (χ2n) is 5.01. The van der Waals surface area contributed by atoms with E-state index in [4.69, 9.17) is 14.2 Å². The molecule has 0 aliphatic rings. The molecule has 0 bridgehead atoms. The Balaban J connectivity index is 0.000000550. The molecule has 0 aliphatic carbocycles. The summed E-state index contributed by atoms with van der Waals surface area (Å²) in [4.78, 5) is 0. The molecule has 2 aromatic carbocycles. The molecule has 2 rings (SSSR count). The van der Waals surface area contributed by atoms with Crippen LogP contribution in [0.25, 0.3) is 11.1 Å². The van der Waals surface area contributed by atoms with E-state index in [1.54, 1.807) is 36.4 Å². The van der Waals surface area contributed by atoms with E-state index in [0.29, 0.717) is 24.7 Å². The van der Waals surface area contributed by atoms with E-state index in [9.17, 15) is 10.2 Å². The highest BCUT2D eigenvalue weighted by Crippen LogP contribution is 2.40. The molecule has 0 aliphatic heterocycles. The van der Waals surface area contributed by atoms with Gasteiger partial charge in [0.15, 0.2) is 11.5 Å². The molecule has 5 nitrogen and oxygen atoms in total. The lowest BCUT2D eigenvalue weighted by Crippen LogP contribution is -1.97. The quantitative estimate of drug-likeness (QED) is 0.765. The minimum atomic E-state index is 0.0535. The minimum Gasteiger partial charge on any atom is -0.508 e. The predicted molar refractivity (Wildman–Crippen MR) is 99.7 cm³/mol. The topological polar surface area (TPSA) is 68.2 Å². The molecular formula is C20H28O5. The summed E-state index contributed by atoms with van der Waals surface area (Å²) in [5.74, 6) is 1.26. The highest BCUT2D eigenvalue weighted by molar-refractivity contribution is 5.74. The van der Waals surface area contributed by atoms with Gasteiger partial charge in [-0.2, -0.15) is 0 Å². The van der Waals surface area contributed by atoms with Crippen LogP contribution in [-0.4, -0.2) is 36.6 Å². The molecule has 138 valence electrons.